The number of anilines is 2. The highest BCUT2D eigenvalue weighted by Crippen LogP contribution is 2.19. The number of nitrogens with zero attached hydrogens (tertiary/aromatic N) is 2. The van der Waals surface area contributed by atoms with Gasteiger partial charge in [0.15, 0.2) is 0 Å². The molecule has 6 nitrogen and oxygen atoms in total. The van der Waals surface area contributed by atoms with Crippen LogP contribution in [0.25, 0.3) is 0 Å². The van der Waals surface area contributed by atoms with Gasteiger partial charge in [0, 0.05) is 37.1 Å². The average Bonchev–Trinajstić information content (AvgIpc) is 2.70. The number of carbonyl (C=O) groups excluding carboxylic acids is 2. The van der Waals surface area contributed by atoms with Gasteiger partial charge in [-0.05, 0) is 48.9 Å². The van der Waals surface area contributed by atoms with Gasteiger partial charge in [-0.15, -0.1) is 0 Å². The van der Waals surface area contributed by atoms with E-state index < -0.39 is 11.7 Å². The van der Waals surface area contributed by atoms with E-state index in [4.69, 9.17) is 4.74 Å². The zero-order chi connectivity index (χ0) is 20.1. The number of aryl methyl sites for hydroxylation is 1. The fraction of sp³-hybridized carbons (Fsp3) is 0.333. The van der Waals surface area contributed by atoms with Crippen molar-refractivity contribution in [2.45, 2.75) is 6.92 Å². The van der Waals surface area contributed by atoms with Crippen LogP contribution in [0.1, 0.15) is 15.9 Å². The van der Waals surface area contributed by atoms with E-state index in [0.29, 0.717) is 24.5 Å². The summed E-state index contributed by atoms with van der Waals surface area (Å²) in [5.74, 6) is -1.19. The number of halogens is 1. The number of benzene rings is 2. The molecule has 28 heavy (non-hydrogen) atoms. The summed E-state index contributed by atoms with van der Waals surface area (Å²) in [6.45, 7) is 4.72. The van der Waals surface area contributed by atoms with Gasteiger partial charge in [0.25, 0.3) is 5.91 Å². The Balaban J connectivity index is 1.57. The number of rotatable bonds is 5. The Labute approximate surface area is 163 Å². The molecule has 2 aromatic rings. The van der Waals surface area contributed by atoms with Crippen LogP contribution in [0.15, 0.2) is 42.5 Å². The topological polar surface area (TPSA) is 61.9 Å². The Morgan fingerprint density at radius 2 is 1.82 bits per heavy atom. The lowest BCUT2D eigenvalue weighted by Gasteiger charge is -2.28. The molecule has 1 fully saturated rings. The smallest absolute Gasteiger partial charge is 0.254 e. The molecule has 0 atom stereocenters. The third-order valence-electron chi connectivity index (χ3n) is 4.68. The van der Waals surface area contributed by atoms with Crippen LogP contribution in [0, 0.1) is 12.7 Å². The summed E-state index contributed by atoms with van der Waals surface area (Å²) in [4.78, 5) is 28.3. The molecule has 1 heterocycles. The van der Waals surface area contributed by atoms with Gasteiger partial charge in [-0.1, -0.05) is 6.07 Å². The lowest BCUT2D eigenvalue weighted by atomic mass is 10.1. The summed E-state index contributed by atoms with van der Waals surface area (Å²) < 4.78 is 18.8. The largest absolute Gasteiger partial charge is 0.378 e. The van der Waals surface area contributed by atoms with Crippen molar-refractivity contribution < 1.29 is 18.7 Å². The highest BCUT2D eigenvalue weighted by atomic mass is 19.1. The molecule has 0 unspecified atom stereocenters. The van der Waals surface area contributed by atoms with Crippen molar-refractivity contribution in [2.24, 2.45) is 0 Å². The Morgan fingerprint density at radius 1 is 1.14 bits per heavy atom. The van der Waals surface area contributed by atoms with Crippen molar-refractivity contribution in [1.82, 2.24) is 4.90 Å². The van der Waals surface area contributed by atoms with E-state index in [0.717, 1.165) is 18.8 Å². The number of morpholine rings is 1. The standard InChI is InChI=1S/C21H24FN3O3/c1-15-3-4-16(22)13-19(15)21(27)24(2)14-20(26)23-17-5-7-18(8-6-17)25-9-11-28-12-10-25/h3-8,13H,9-12,14H2,1-2H3,(H,23,26). The summed E-state index contributed by atoms with van der Waals surface area (Å²) in [6.07, 6.45) is 0. The number of nitrogens with one attached hydrogen (secondary N) is 1. The van der Waals surface area contributed by atoms with Crippen molar-refractivity contribution in [3.63, 3.8) is 0 Å². The molecule has 0 aliphatic carbocycles. The molecule has 1 saturated heterocycles. The quantitative estimate of drug-likeness (QED) is 0.860. The van der Waals surface area contributed by atoms with Crippen LogP contribution >= 0.6 is 0 Å². The Bertz CT molecular complexity index is 848. The van der Waals surface area contributed by atoms with Crippen LogP contribution < -0.4 is 10.2 Å². The molecule has 1 aliphatic heterocycles. The third kappa shape index (κ3) is 4.86. The third-order valence-corrected chi connectivity index (χ3v) is 4.68. The summed E-state index contributed by atoms with van der Waals surface area (Å²) in [5.41, 5.74) is 2.66. The first-order valence-corrected chi connectivity index (χ1v) is 9.18. The van der Waals surface area contributed by atoms with Gasteiger partial charge < -0.3 is 19.9 Å². The molecule has 2 amide bonds. The van der Waals surface area contributed by atoms with Crippen molar-refractivity contribution in [1.29, 1.82) is 0 Å². The molecule has 0 radical (unpaired) electrons. The van der Waals surface area contributed by atoms with E-state index in [2.05, 4.69) is 10.2 Å². The van der Waals surface area contributed by atoms with Gasteiger partial charge in [-0.2, -0.15) is 0 Å². The number of carbonyl (C=O) groups is 2. The van der Waals surface area contributed by atoms with Gasteiger partial charge in [0.1, 0.15) is 5.82 Å². The summed E-state index contributed by atoms with van der Waals surface area (Å²) in [6, 6.07) is 11.6. The van der Waals surface area contributed by atoms with E-state index in [1.54, 1.807) is 13.0 Å². The molecule has 0 aromatic heterocycles. The fourth-order valence-corrected chi connectivity index (χ4v) is 3.10. The van der Waals surface area contributed by atoms with Gasteiger partial charge in [0.2, 0.25) is 5.91 Å². The van der Waals surface area contributed by atoms with Crippen LogP contribution in [0.3, 0.4) is 0 Å². The maximum Gasteiger partial charge on any atom is 0.254 e. The lowest BCUT2D eigenvalue weighted by molar-refractivity contribution is -0.116. The maximum atomic E-state index is 13.4. The van der Waals surface area contributed by atoms with Crippen LogP contribution in [0.5, 0.6) is 0 Å². The highest BCUT2D eigenvalue weighted by Gasteiger charge is 2.18. The molecule has 3 rings (SSSR count). The van der Waals surface area contributed by atoms with Crippen molar-refractivity contribution in [2.75, 3.05) is 50.1 Å². The van der Waals surface area contributed by atoms with Crippen molar-refractivity contribution in [3.8, 4) is 0 Å². The molecule has 7 heteroatoms. The van der Waals surface area contributed by atoms with Gasteiger partial charge in [0.05, 0.1) is 19.8 Å². The predicted molar refractivity (Wildman–Crippen MR) is 106 cm³/mol. The minimum absolute atomic E-state index is 0.125. The number of hydrogen-bond donors (Lipinski definition) is 1. The van der Waals surface area contributed by atoms with Gasteiger partial charge >= 0.3 is 0 Å². The fourth-order valence-electron chi connectivity index (χ4n) is 3.10. The van der Waals surface area contributed by atoms with E-state index in [-0.39, 0.29) is 18.0 Å². The summed E-state index contributed by atoms with van der Waals surface area (Å²) in [7, 11) is 1.52. The Kier molecular flexibility index (Phi) is 6.26. The molecule has 0 spiro atoms. The van der Waals surface area contributed by atoms with Crippen LogP contribution in [-0.4, -0.2) is 56.6 Å². The Hall–Kier alpha value is -2.93. The van der Waals surface area contributed by atoms with Crippen LogP contribution in [0.4, 0.5) is 15.8 Å². The van der Waals surface area contributed by atoms with E-state index >= 15 is 0 Å². The SMILES string of the molecule is Cc1ccc(F)cc1C(=O)N(C)CC(=O)Nc1ccc(N2CCOCC2)cc1. The summed E-state index contributed by atoms with van der Waals surface area (Å²) >= 11 is 0. The van der Waals surface area contributed by atoms with Crippen molar-refractivity contribution in [3.05, 3.63) is 59.4 Å². The second-order valence-electron chi connectivity index (χ2n) is 6.81. The van der Waals surface area contributed by atoms with Crippen molar-refractivity contribution >= 4 is 23.2 Å². The predicted octanol–water partition coefficient (Wildman–Crippen LogP) is 2.68. The van der Waals surface area contributed by atoms with E-state index in [9.17, 15) is 14.0 Å². The molecule has 0 saturated carbocycles. The van der Waals surface area contributed by atoms with Crippen LogP contribution in [-0.2, 0) is 9.53 Å². The molecule has 148 valence electrons. The van der Waals surface area contributed by atoms with E-state index in [1.165, 1.54) is 24.1 Å². The normalized spacial score (nSPS) is 13.9. The molecule has 0 bridgehead atoms. The molecule has 2 aromatic carbocycles. The zero-order valence-corrected chi connectivity index (χ0v) is 16.1. The highest BCUT2D eigenvalue weighted by molar-refractivity contribution is 6.00. The lowest BCUT2D eigenvalue weighted by Crippen LogP contribution is -2.36. The molecular formula is C21H24FN3O3. The minimum Gasteiger partial charge on any atom is -0.378 e. The molecule has 1 aliphatic rings. The number of ether oxygens (including phenoxy) is 1. The molecule has 1 N–H and O–H groups in total. The number of amides is 2. The molecular weight excluding hydrogens is 361 g/mol. The van der Waals surface area contributed by atoms with Gasteiger partial charge in [-0.25, -0.2) is 4.39 Å². The number of likely N-dealkylation sites (N-methyl/N-ethyl adjacent to an activating group) is 1. The Morgan fingerprint density at radius 3 is 2.50 bits per heavy atom. The second-order valence-corrected chi connectivity index (χ2v) is 6.81. The first-order chi connectivity index (χ1) is 13.4. The zero-order valence-electron chi connectivity index (χ0n) is 16.1. The van der Waals surface area contributed by atoms with E-state index in [1.807, 2.05) is 24.3 Å². The first kappa shape index (κ1) is 19.8. The van der Waals surface area contributed by atoms with Gasteiger partial charge in [-0.3, -0.25) is 9.59 Å². The number of hydrogen-bond acceptors (Lipinski definition) is 4. The maximum absolute atomic E-state index is 13.4. The monoisotopic (exact) mass is 385 g/mol. The second kappa shape index (κ2) is 8.84. The first-order valence-electron chi connectivity index (χ1n) is 9.18. The minimum atomic E-state index is -0.479. The summed E-state index contributed by atoms with van der Waals surface area (Å²) in [5, 5.41) is 2.79. The van der Waals surface area contributed by atoms with Crippen LogP contribution in [0.2, 0.25) is 0 Å². The average molecular weight is 385 g/mol.